The Morgan fingerprint density at radius 2 is 1.43 bits per heavy atom. The zero-order valence-electron chi connectivity index (χ0n) is 28.6. The first kappa shape index (κ1) is 34.3. The lowest BCUT2D eigenvalue weighted by Crippen LogP contribution is -2.55. The summed E-state index contributed by atoms with van der Waals surface area (Å²) in [4.78, 5) is 35.6. The van der Waals surface area contributed by atoms with Crippen LogP contribution in [0.3, 0.4) is 0 Å². The average molecular weight is 673 g/mol. The molecule has 260 valence electrons. The number of carbonyl (C=O) groups excluding carboxylic acids is 2. The second kappa shape index (κ2) is 13.4. The molecule has 4 N–H and O–H groups in total. The summed E-state index contributed by atoms with van der Waals surface area (Å²) in [6.07, 6.45) is 13.5. The van der Waals surface area contributed by atoms with Crippen molar-refractivity contribution < 1.29 is 28.4 Å². The molecule has 0 unspecified atom stereocenters. The number of pyridine rings is 1. The number of aromatic nitrogens is 3. The molecule has 0 aromatic carbocycles. The van der Waals surface area contributed by atoms with E-state index in [0.717, 1.165) is 37.5 Å². The van der Waals surface area contributed by atoms with E-state index >= 15 is 0 Å². The molecule has 0 bridgehead atoms. The Morgan fingerprint density at radius 1 is 0.915 bits per heavy atom. The van der Waals surface area contributed by atoms with Crippen molar-refractivity contribution in [2.24, 2.45) is 23.7 Å². The summed E-state index contributed by atoms with van der Waals surface area (Å²) in [6.45, 7) is 8.85. The molecule has 4 saturated carbocycles. The summed E-state index contributed by atoms with van der Waals surface area (Å²) in [5, 5.41) is 6.10. The largest absolute Gasteiger partial charge is 0.461 e. The predicted molar refractivity (Wildman–Crippen MR) is 179 cm³/mol. The maximum atomic E-state index is 14.7. The van der Waals surface area contributed by atoms with Crippen molar-refractivity contribution in [1.29, 1.82) is 0 Å². The van der Waals surface area contributed by atoms with Crippen LogP contribution in [0.2, 0.25) is 0 Å². The van der Waals surface area contributed by atoms with Gasteiger partial charge in [-0.15, -0.1) is 0 Å². The van der Waals surface area contributed by atoms with Crippen molar-refractivity contribution in [2.75, 3.05) is 12.1 Å². The fraction of sp³-hybridized carbons (Fsp3) is 0.765. The molecule has 13 heteroatoms. The maximum absolute atomic E-state index is 14.7. The molecule has 1 atom stereocenters. The zero-order valence-corrected chi connectivity index (χ0v) is 29.5. The Labute approximate surface area is 278 Å². The van der Waals surface area contributed by atoms with Gasteiger partial charge in [-0.25, -0.2) is 20.1 Å². The number of nitrogen functional groups attached to an aromatic ring is 1. The Hall–Kier alpha value is -2.53. The molecule has 2 heterocycles. The van der Waals surface area contributed by atoms with Crippen molar-refractivity contribution in [2.45, 2.75) is 135 Å². The van der Waals surface area contributed by atoms with Crippen molar-refractivity contribution in [3.63, 3.8) is 0 Å². The Morgan fingerprint density at radius 3 is 1.89 bits per heavy atom. The number of imidazole rings is 1. The summed E-state index contributed by atoms with van der Waals surface area (Å²) in [6, 6.07) is 1.70. The third-order valence-corrected chi connectivity index (χ3v) is 13.3. The lowest BCUT2D eigenvalue weighted by Gasteiger charge is -2.45. The van der Waals surface area contributed by atoms with E-state index in [0.29, 0.717) is 35.2 Å². The monoisotopic (exact) mass is 672 g/mol. The second-order valence-corrected chi connectivity index (χ2v) is 17.9. The van der Waals surface area contributed by atoms with Gasteiger partial charge >= 0.3 is 11.9 Å². The van der Waals surface area contributed by atoms with E-state index < -0.39 is 36.6 Å². The minimum absolute atomic E-state index is 0.122. The first-order valence-electron chi connectivity index (χ1n) is 17.5. The Kier molecular flexibility index (Phi) is 9.80. The SMILES string of the molecule is C[C@H](Cn1cnc2c(N)ccnc21)OCP(=O)(NC(C)(C)C(=O)OC1CC(C2CCC2)C1)NC(C)(C)C(=O)OC1CC(C2CCC2)C1. The molecule has 2 aromatic rings. The molecular formula is C34H53N6O6P. The molecular weight excluding hydrogens is 619 g/mol. The van der Waals surface area contributed by atoms with Crippen LogP contribution in [0.15, 0.2) is 18.6 Å². The molecule has 4 fully saturated rings. The number of hydrogen-bond acceptors (Lipinski definition) is 9. The van der Waals surface area contributed by atoms with Gasteiger partial charge in [0.05, 0.1) is 24.7 Å². The lowest BCUT2D eigenvalue weighted by molar-refractivity contribution is -0.164. The van der Waals surface area contributed by atoms with Gasteiger partial charge in [-0.05, 0) is 90.0 Å². The molecule has 0 spiro atoms. The van der Waals surface area contributed by atoms with E-state index in [1.54, 1.807) is 46.3 Å². The fourth-order valence-electron chi connectivity index (χ4n) is 7.36. The standard InChI is InChI=1S/C34H53N6O6P/c1-21(18-40-19-37-29-28(35)12-13-36-30(29)40)44-20-47(43,38-33(2,3)31(41)45-26-14-24(15-26)22-8-6-9-22)39-34(4,5)32(42)46-27-16-25(17-27)23-10-7-11-23/h12-13,19,21-27H,6-11,14-18,20H2,1-5H3,(H2,35,36)(H2,38,39,43)/t21-,24?,25?,26?,27?,47?/m1/s1. The molecule has 4 aliphatic carbocycles. The number of hydrogen-bond donors (Lipinski definition) is 3. The highest BCUT2D eigenvalue weighted by Crippen LogP contribution is 2.47. The second-order valence-electron chi connectivity index (χ2n) is 15.7. The van der Waals surface area contributed by atoms with Crippen molar-refractivity contribution in [3.8, 4) is 0 Å². The lowest BCUT2D eigenvalue weighted by atomic mass is 9.65. The van der Waals surface area contributed by atoms with Crippen LogP contribution in [0, 0.1) is 23.7 Å². The highest BCUT2D eigenvalue weighted by atomic mass is 31.2. The van der Waals surface area contributed by atoms with Crippen molar-refractivity contribution in [1.82, 2.24) is 24.7 Å². The van der Waals surface area contributed by atoms with Crippen LogP contribution >= 0.6 is 7.44 Å². The normalized spacial score (nSPS) is 27.1. The van der Waals surface area contributed by atoms with Gasteiger partial charge in [0, 0.05) is 6.20 Å². The van der Waals surface area contributed by atoms with Crippen molar-refractivity contribution in [3.05, 3.63) is 18.6 Å². The number of esters is 2. The highest BCUT2D eigenvalue weighted by Gasteiger charge is 2.47. The van der Waals surface area contributed by atoms with Gasteiger partial charge in [-0.3, -0.25) is 14.2 Å². The van der Waals surface area contributed by atoms with Crippen LogP contribution in [-0.4, -0.2) is 62.2 Å². The average Bonchev–Trinajstić information content (AvgIpc) is 3.30. The third-order valence-electron chi connectivity index (χ3n) is 10.9. The molecule has 2 aromatic heterocycles. The van der Waals surface area contributed by atoms with Crippen LogP contribution in [0.5, 0.6) is 0 Å². The quantitative estimate of drug-likeness (QED) is 0.161. The van der Waals surface area contributed by atoms with E-state index in [2.05, 4.69) is 20.1 Å². The number of nitrogens with one attached hydrogen (secondary N) is 2. The van der Waals surface area contributed by atoms with Gasteiger partial charge in [0.15, 0.2) is 5.65 Å². The van der Waals surface area contributed by atoms with Gasteiger partial charge < -0.3 is 24.5 Å². The molecule has 0 aliphatic heterocycles. The predicted octanol–water partition coefficient (Wildman–Crippen LogP) is 5.55. The van der Waals surface area contributed by atoms with Crippen LogP contribution in [-0.2, 0) is 34.9 Å². The number of ether oxygens (including phenoxy) is 3. The summed E-state index contributed by atoms with van der Waals surface area (Å²) in [5.74, 6) is 1.83. The number of nitrogens with two attached hydrogens (primary N) is 1. The van der Waals surface area contributed by atoms with Gasteiger partial charge in [-0.2, -0.15) is 0 Å². The Bertz CT molecular complexity index is 1430. The summed E-state index contributed by atoms with van der Waals surface area (Å²) >= 11 is 0. The summed E-state index contributed by atoms with van der Waals surface area (Å²) in [5.41, 5.74) is 5.17. The highest BCUT2D eigenvalue weighted by molar-refractivity contribution is 7.59. The summed E-state index contributed by atoms with van der Waals surface area (Å²) in [7, 11) is -3.77. The molecule has 6 rings (SSSR count). The smallest absolute Gasteiger partial charge is 0.326 e. The number of rotatable bonds is 15. The van der Waals surface area contributed by atoms with Crippen LogP contribution in [0.1, 0.15) is 98.8 Å². The first-order valence-corrected chi connectivity index (χ1v) is 19.4. The molecule has 12 nitrogen and oxygen atoms in total. The van der Waals surface area contributed by atoms with E-state index in [9.17, 15) is 14.2 Å². The van der Waals surface area contributed by atoms with Crippen LogP contribution < -0.4 is 15.9 Å². The van der Waals surface area contributed by atoms with Gasteiger partial charge in [0.1, 0.15) is 35.2 Å². The van der Waals surface area contributed by atoms with Gasteiger partial charge in [0.2, 0.25) is 7.44 Å². The van der Waals surface area contributed by atoms with E-state index in [1.165, 1.54) is 38.5 Å². The van der Waals surface area contributed by atoms with Gasteiger partial charge in [0.25, 0.3) is 0 Å². The fourth-order valence-corrected chi connectivity index (χ4v) is 10.00. The van der Waals surface area contributed by atoms with E-state index in [4.69, 9.17) is 19.9 Å². The zero-order chi connectivity index (χ0) is 33.6. The molecule has 47 heavy (non-hydrogen) atoms. The minimum Gasteiger partial charge on any atom is -0.461 e. The maximum Gasteiger partial charge on any atom is 0.326 e. The molecule has 4 aliphatic rings. The van der Waals surface area contributed by atoms with E-state index in [-0.39, 0.29) is 18.6 Å². The number of fused-ring (bicyclic) bond motifs is 1. The van der Waals surface area contributed by atoms with Crippen molar-refractivity contribution >= 4 is 36.2 Å². The molecule has 0 saturated heterocycles. The van der Waals surface area contributed by atoms with E-state index in [1.807, 2.05) is 11.5 Å². The van der Waals surface area contributed by atoms with Gasteiger partial charge in [-0.1, -0.05) is 38.5 Å². The first-order chi connectivity index (χ1) is 22.2. The minimum atomic E-state index is -3.77. The molecule has 0 radical (unpaired) electrons. The Balaban J connectivity index is 1.10. The summed E-state index contributed by atoms with van der Waals surface area (Å²) < 4.78 is 34.5. The topological polar surface area (TPSA) is 160 Å². The van der Waals surface area contributed by atoms with Crippen LogP contribution in [0.25, 0.3) is 11.2 Å². The molecule has 0 amide bonds. The number of nitrogens with zero attached hydrogens (tertiary/aromatic N) is 3. The third kappa shape index (κ3) is 7.71. The number of carbonyl (C=O) groups is 2. The van der Waals surface area contributed by atoms with Crippen LogP contribution in [0.4, 0.5) is 5.69 Å². The number of anilines is 1.